The summed E-state index contributed by atoms with van der Waals surface area (Å²) in [4.78, 5) is 15.2. The summed E-state index contributed by atoms with van der Waals surface area (Å²) in [7, 11) is -15.2. The van der Waals surface area contributed by atoms with Crippen LogP contribution in [-0.4, -0.2) is 121 Å². The molecule has 4 aliphatic rings. The third-order valence-corrected chi connectivity index (χ3v) is 25.8. The van der Waals surface area contributed by atoms with Crippen LogP contribution in [0.15, 0.2) is 154 Å². The maximum atomic E-state index is 14.6. The van der Waals surface area contributed by atoms with Gasteiger partial charge < -0.3 is 20.4 Å². The molecule has 4 aliphatic carbocycles. The molecule has 0 aliphatic heterocycles. The van der Waals surface area contributed by atoms with E-state index in [0.29, 0.717) is 141 Å². The second-order valence-electron chi connectivity index (χ2n) is 27.8. The summed E-state index contributed by atoms with van der Waals surface area (Å²) in [6.07, 6.45) is 13.0. The molecule has 12 rings (SSSR count). The predicted molar refractivity (Wildman–Crippen MR) is 391 cm³/mol. The molecular formula is C72H78Cl4F6N8O12S4. The highest BCUT2D eigenvalue weighted by molar-refractivity contribution is 7.90. The van der Waals surface area contributed by atoms with E-state index in [1.165, 1.54) is 67.0 Å². The average molecular weight is 1630 g/mol. The zero-order chi connectivity index (χ0) is 77.5. The van der Waals surface area contributed by atoms with Crippen LogP contribution in [0.4, 0.5) is 26.3 Å². The van der Waals surface area contributed by atoms with Gasteiger partial charge in [-0.05, 0) is 203 Å². The lowest BCUT2D eigenvalue weighted by molar-refractivity contribution is 0.0159. The second kappa shape index (κ2) is 34.3. The Morgan fingerprint density at radius 1 is 0.340 bits per heavy atom. The fraction of sp³-hybridized carbons (Fsp3) is 0.389. The Kier molecular flexibility index (Phi) is 27.1. The number of halogens is 10. The lowest BCUT2D eigenvalue weighted by Gasteiger charge is -2.33. The SMILES string of the molecule is CC1(O)CCC(NS(=O)(=O)c2ccc(-c3ncc(Cl)cc3Cl)c(F)c2)CC1.CC1(O)CCC(NS(=O)(=O)c2ccc(-c3ncc(Cl)cc3Cl)cc2)CC1.CC1(O)CCC(NS(=O)(=O)c2ccc(-c3ncc(F)cc3F)c(F)c2)CC1.CC1(O)CCC(NS(=O)(=O)c2ccc(-c3ncc(F)cc3F)cc2)CC1. The third-order valence-electron chi connectivity index (χ3n) is 18.7. The van der Waals surface area contributed by atoms with Gasteiger partial charge in [-0.2, -0.15) is 0 Å². The summed E-state index contributed by atoms with van der Waals surface area (Å²) < 4.78 is 193. The maximum Gasteiger partial charge on any atom is 0.240 e. The first kappa shape index (κ1) is 83.7. The van der Waals surface area contributed by atoms with E-state index in [1.54, 1.807) is 45.9 Å². The summed E-state index contributed by atoms with van der Waals surface area (Å²) in [5.41, 5.74) is -1.84. The number of hydrogen-bond acceptors (Lipinski definition) is 16. The molecule has 8 N–H and O–H groups in total. The minimum absolute atomic E-state index is 0.0437. The lowest BCUT2D eigenvalue weighted by atomic mass is 9.84. The van der Waals surface area contributed by atoms with Gasteiger partial charge in [-0.25, -0.2) is 78.9 Å². The molecule has 0 radical (unpaired) electrons. The van der Waals surface area contributed by atoms with E-state index in [1.807, 2.05) is 0 Å². The van der Waals surface area contributed by atoms with Crippen molar-refractivity contribution in [2.45, 2.75) is 197 Å². The Balaban J connectivity index is 0.000000163. The molecule has 8 aromatic rings. The number of benzene rings is 4. The van der Waals surface area contributed by atoms with E-state index in [0.717, 1.165) is 42.7 Å². The second-order valence-corrected chi connectivity index (χ2v) is 36.4. The van der Waals surface area contributed by atoms with Gasteiger partial charge in [-0.15, -0.1) is 0 Å². The average Bonchev–Trinajstić information content (AvgIpc) is 0.808. The highest BCUT2D eigenvalue weighted by Gasteiger charge is 2.36. The van der Waals surface area contributed by atoms with E-state index in [-0.39, 0.29) is 71.3 Å². The molecule has 4 saturated carbocycles. The number of hydrogen-bond donors (Lipinski definition) is 8. The minimum atomic E-state index is -3.98. The van der Waals surface area contributed by atoms with Crippen molar-refractivity contribution in [3.63, 3.8) is 0 Å². The Morgan fingerprint density at radius 2 is 0.604 bits per heavy atom. The number of aliphatic hydroxyl groups is 4. The molecule has 0 bridgehead atoms. The van der Waals surface area contributed by atoms with Gasteiger partial charge in [-0.3, -0.25) is 19.9 Å². The molecule has 4 fully saturated rings. The summed E-state index contributed by atoms with van der Waals surface area (Å²) in [5.74, 6) is -5.26. The molecule has 572 valence electrons. The number of pyridine rings is 4. The molecule has 0 saturated heterocycles. The summed E-state index contributed by atoms with van der Waals surface area (Å²) >= 11 is 23.8. The smallest absolute Gasteiger partial charge is 0.240 e. The molecule has 106 heavy (non-hydrogen) atoms. The molecule has 0 spiro atoms. The Labute approximate surface area is 632 Å². The van der Waals surface area contributed by atoms with Crippen LogP contribution in [-0.2, 0) is 40.1 Å². The van der Waals surface area contributed by atoms with E-state index >= 15 is 0 Å². The molecule has 0 unspecified atom stereocenters. The number of nitrogens with zero attached hydrogens (tertiary/aromatic N) is 4. The van der Waals surface area contributed by atoms with Crippen molar-refractivity contribution < 1.29 is 80.4 Å². The Bertz CT molecular complexity index is 4620. The molecule has 0 atom stereocenters. The van der Waals surface area contributed by atoms with Gasteiger partial charge in [0.1, 0.15) is 34.7 Å². The summed E-state index contributed by atoms with van der Waals surface area (Å²) in [5, 5.41) is 41.2. The van der Waals surface area contributed by atoms with Gasteiger partial charge in [0, 0.05) is 70.9 Å². The van der Waals surface area contributed by atoms with E-state index in [9.17, 15) is 80.4 Å². The van der Waals surface area contributed by atoms with Gasteiger partial charge >= 0.3 is 0 Å². The summed E-state index contributed by atoms with van der Waals surface area (Å²) in [6, 6.07) is 21.9. The molecule has 0 amide bonds. The van der Waals surface area contributed by atoms with E-state index in [2.05, 4.69) is 38.8 Å². The normalized spacial score (nSPS) is 23.6. The molecule has 20 nitrogen and oxygen atoms in total. The zero-order valence-electron chi connectivity index (χ0n) is 57.6. The molecule has 4 heterocycles. The maximum absolute atomic E-state index is 14.6. The van der Waals surface area contributed by atoms with Gasteiger partial charge in [0.2, 0.25) is 40.1 Å². The lowest BCUT2D eigenvalue weighted by Crippen LogP contribution is -2.42. The first-order chi connectivity index (χ1) is 49.5. The van der Waals surface area contributed by atoms with Crippen molar-refractivity contribution in [2.75, 3.05) is 0 Å². The van der Waals surface area contributed by atoms with Crippen LogP contribution in [0, 0.1) is 34.9 Å². The monoisotopic (exact) mass is 1630 g/mol. The topological polar surface area (TPSA) is 317 Å². The first-order valence-electron chi connectivity index (χ1n) is 33.5. The van der Waals surface area contributed by atoms with E-state index < -0.39 is 103 Å². The third kappa shape index (κ3) is 22.9. The van der Waals surface area contributed by atoms with Crippen molar-refractivity contribution in [1.29, 1.82) is 0 Å². The fourth-order valence-corrected chi connectivity index (χ4v) is 18.6. The quantitative estimate of drug-likeness (QED) is 0.0417. The molecular weight excluding hydrogens is 1550 g/mol. The van der Waals surface area contributed by atoms with Crippen molar-refractivity contribution in [3.8, 4) is 45.0 Å². The van der Waals surface area contributed by atoms with Crippen LogP contribution >= 0.6 is 46.4 Å². The Hall–Kier alpha value is -6.30. The highest BCUT2D eigenvalue weighted by Crippen LogP contribution is 2.37. The van der Waals surface area contributed by atoms with Crippen molar-refractivity contribution in [3.05, 3.63) is 189 Å². The first-order valence-corrected chi connectivity index (χ1v) is 41.0. The van der Waals surface area contributed by atoms with Gasteiger partial charge in [-0.1, -0.05) is 70.7 Å². The molecule has 4 aromatic heterocycles. The predicted octanol–water partition coefficient (Wildman–Crippen LogP) is 14.3. The highest BCUT2D eigenvalue weighted by atomic mass is 35.5. The van der Waals surface area contributed by atoms with Crippen LogP contribution in [0.1, 0.15) is 130 Å². The summed E-state index contributed by atoms with van der Waals surface area (Å²) in [6.45, 7) is 6.97. The fourth-order valence-electron chi connectivity index (χ4n) is 12.4. The van der Waals surface area contributed by atoms with Crippen LogP contribution in [0.25, 0.3) is 45.0 Å². The van der Waals surface area contributed by atoms with Crippen LogP contribution in [0.2, 0.25) is 20.1 Å². The van der Waals surface area contributed by atoms with Crippen molar-refractivity contribution in [1.82, 2.24) is 38.8 Å². The van der Waals surface area contributed by atoms with Gasteiger partial charge in [0.05, 0.1) is 85.9 Å². The van der Waals surface area contributed by atoms with Gasteiger partial charge in [0.15, 0.2) is 11.6 Å². The zero-order valence-corrected chi connectivity index (χ0v) is 63.9. The van der Waals surface area contributed by atoms with Crippen LogP contribution in [0.3, 0.4) is 0 Å². The number of nitrogens with one attached hydrogen (secondary N) is 4. The standard InChI is InChI=1S/C18H19Cl2FN2O3S.C18H20Cl2N2O3S.C18H19F3N2O3S.C18H20F2N2O3S/c1-18(24)6-4-12(5-7-18)23-27(25,26)13-2-3-14(16(21)9-13)17-15(20)8-11(19)10-22-17;1-18(23)8-6-14(7-9-18)22-26(24,25)15-4-2-12(3-5-15)17-16(20)10-13(19)11-21-17;1-18(24)6-4-12(5-7-18)23-27(25,26)13-2-3-14(15(20)9-13)17-16(21)8-11(19)10-22-17;1-18(23)8-6-14(7-9-18)22-26(24,25)15-4-2-12(3-5-15)17-16(20)10-13(19)11-21-17/h2-3,8-10,12,23-24H,4-7H2,1H3;2-5,10-11,14,22-23H,6-9H2,1H3;2-3,8-10,12,23-24H,4-7H2,1H3;2-5,10-11,14,22-23H,6-9H2,1H3. The number of rotatable bonds is 16. The van der Waals surface area contributed by atoms with Gasteiger partial charge in [0.25, 0.3) is 0 Å². The molecule has 4 aromatic carbocycles. The Morgan fingerprint density at radius 3 is 0.906 bits per heavy atom. The van der Waals surface area contributed by atoms with Crippen LogP contribution in [0.5, 0.6) is 0 Å². The number of aromatic nitrogens is 4. The van der Waals surface area contributed by atoms with Crippen molar-refractivity contribution in [2.24, 2.45) is 0 Å². The largest absolute Gasteiger partial charge is 0.390 e. The van der Waals surface area contributed by atoms with Crippen LogP contribution < -0.4 is 18.9 Å². The van der Waals surface area contributed by atoms with E-state index in [4.69, 9.17) is 46.4 Å². The molecule has 34 heteroatoms. The number of sulfonamides is 4. The minimum Gasteiger partial charge on any atom is -0.390 e. The van der Waals surface area contributed by atoms with Crippen molar-refractivity contribution >= 4 is 86.5 Å².